The zero-order chi connectivity index (χ0) is 10.4. The van der Waals surface area contributed by atoms with Crippen molar-refractivity contribution in [2.45, 2.75) is 12.8 Å². The average Bonchev–Trinajstić information content (AvgIpc) is 2.18. The molecule has 1 nitrogen and oxygen atoms in total. The van der Waals surface area contributed by atoms with E-state index in [9.17, 15) is 0 Å². The quantitative estimate of drug-likeness (QED) is 0.597. The molecule has 0 N–H and O–H groups in total. The van der Waals surface area contributed by atoms with E-state index in [2.05, 4.69) is 21.9 Å². The zero-order valence-corrected chi connectivity index (χ0v) is 9.94. The molecule has 0 aliphatic carbocycles. The minimum Gasteiger partial charge on any atom is -0.492 e. The van der Waals surface area contributed by atoms with Crippen molar-refractivity contribution in [2.75, 3.05) is 6.61 Å². The van der Waals surface area contributed by atoms with Crippen molar-refractivity contribution in [2.24, 2.45) is 0 Å². The van der Waals surface area contributed by atoms with E-state index in [-0.39, 0.29) is 0 Å². The van der Waals surface area contributed by atoms with Crippen LogP contribution in [0.4, 0.5) is 0 Å². The van der Waals surface area contributed by atoms with Crippen LogP contribution in [0.25, 0.3) is 0 Å². The lowest BCUT2D eigenvalue weighted by atomic mass is 10.3. The van der Waals surface area contributed by atoms with Gasteiger partial charge in [-0.25, -0.2) is 0 Å². The first-order valence-electron chi connectivity index (χ1n) is 4.25. The summed E-state index contributed by atoms with van der Waals surface area (Å²) < 4.78 is 6.41. The lowest BCUT2D eigenvalue weighted by molar-refractivity contribution is 0.313. The van der Waals surface area contributed by atoms with Gasteiger partial charge in [0.05, 0.1) is 11.6 Å². The van der Waals surface area contributed by atoms with Crippen molar-refractivity contribution >= 4 is 27.5 Å². The fourth-order valence-electron chi connectivity index (χ4n) is 0.944. The minimum absolute atomic E-state index is 0.598. The second kappa shape index (κ2) is 5.95. The molecule has 3 heteroatoms. The van der Waals surface area contributed by atoms with Crippen LogP contribution in [0.1, 0.15) is 12.8 Å². The highest BCUT2D eigenvalue weighted by atomic mass is 79.9. The van der Waals surface area contributed by atoms with Crippen molar-refractivity contribution in [3.63, 3.8) is 0 Å². The molecule has 1 aromatic rings. The Morgan fingerprint density at radius 3 is 3.00 bits per heavy atom. The maximum Gasteiger partial charge on any atom is 0.139 e. The largest absolute Gasteiger partial charge is 0.492 e. The van der Waals surface area contributed by atoms with Gasteiger partial charge in [0.2, 0.25) is 0 Å². The Kier molecular flexibility index (Phi) is 4.86. The van der Waals surface area contributed by atoms with Gasteiger partial charge in [0.25, 0.3) is 0 Å². The van der Waals surface area contributed by atoms with E-state index in [0.717, 1.165) is 17.3 Å². The van der Waals surface area contributed by atoms with E-state index >= 15 is 0 Å². The van der Waals surface area contributed by atoms with Gasteiger partial charge in [-0.2, -0.15) is 0 Å². The SMILES string of the molecule is C#CCCCOc1cc(Br)ccc1Cl. The maximum atomic E-state index is 5.92. The van der Waals surface area contributed by atoms with Crippen molar-refractivity contribution in [3.8, 4) is 18.1 Å². The van der Waals surface area contributed by atoms with Gasteiger partial charge in [0.15, 0.2) is 0 Å². The number of hydrogen-bond donors (Lipinski definition) is 0. The molecule has 74 valence electrons. The molecule has 0 aliphatic heterocycles. The molecule has 0 saturated heterocycles. The molecule has 0 spiro atoms. The fraction of sp³-hybridized carbons (Fsp3) is 0.273. The molecule has 14 heavy (non-hydrogen) atoms. The Morgan fingerprint density at radius 1 is 1.50 bits per heavy atom. The normalized spacial score (nSPS) is 9.50. The Bertz CT molecular complexity index is 344. The minimum atomic E-state index is 0.598. The molecule has 0 aliphatic rings. The molecular formula is C11H10BrClO. The Morgan fingerprint density at radius 2 is 2.29 bits per heavy atom. The summed E-state index contributed by atoms with van der Waals surface area (Å²) >= 11 is 9.27. The van der Waals surface area contributed by atoms with Gasteiger partial charge in [0.1, 0.15) is 5.75 Å². The molecule has 1 rings (SSSR count). The van der Waals surface area contributed by atoms with E-state index in [1.165, 1.54) is 0 Å². The summed E-state index contributed by atoms with van der Waals surface area (Å²) in [7, 11) is 0. The zero-order valence-electron chi connectivity index (χ0n) is 7.59. The third-order valence-electron chi connectivity index (χ3n) is 1.62. The first-order valence-corrected chi connectivity index (χ1v) is 5.42. The van der Waals surface area contributed by atoms with E-state index < -0.39 is 0 Å². The lowest BCUT2D eigenvalue weighted by Crippen LogP contribution is -1.97. The van der Waals surface area contributed by atoms with Gasteiger partial charge in [-0.1, -0.05) is 27.5 Å². The number of terminal acetylenes is 1. The molecule has 0 heterocycles. The monoisotopic (exact) mass is 272 g/mol. The van der Waals surface area contributed by atoms with Crippen molar-refractivity contribution in [1.82, 2.24) is 0 Å². The summed E-state index contributed by atoms with van der Waals surface area (Å²) in [5, 5.41) is 0.619. The second-order valence-corrected chi connectivity index (χ2v) is 4.05. The van der Waals surface area contributed by atoms with Crippen molar-refractivity contribution < 1.29 is 4.74 Å². The summed E-state index contributed by atoms with van der Waals surface area (Å²) in [5.74, 6) is 3.25. The Balaban J connectivity index is 2.50. The van der Waals surface area contributed by atoms with E-state index in [4.69, 9.17) is 22.8 Å². The van der Waals surface area contributed by atoms with Gasteiger partial charge >= 0.3 is 0 Å². The number of unbranched alkanes of at least 4 members (excludes halogenated alkanes) is 1. The Labute approximate surface area is 97.5 Å². The van der Waals surface area contributed by atoms with Crippen LogP contribution in [0.5, 0.6) is 5.75 Å². The number of hydrogen-bond acceptors (Lipinski definition) is 1. The summed E-state index contributed by atoms with van der Waals surface area (Å²) in [6.07, 6.45) is 6.70. The van der Waals surface area contributed by atoms with Gasteiger partial charge < -0.3 is 4.74 Å². The molecule has 1 aromatic carbocycles. The molecule has 0 bridgehead atoms. The second-order valence-electron chi connectivity index (χ2n) is 2.73. The highest BCUT2D eigenvalue weighted by Gasteiger charge is 2.01. The van der Waals surface area contributed by atoms with Crippen LogP contribution in [0.3, 0.4) is 0 Å². The summed E-state index contributed by atoms with van der Waals surface area (Å²) in [4.78, 5) is 0. The molecule has 0 amide bonds. The smallest absolute Gasteiger partial charge is 0.139 e. The van der Waals surface area contributed by atoms with Crippen molar-refractivity contribution in [1.29, 1.82) is 0 Å². The highest BCUT2D eigenvalue weighted by molar-refractivity contribution is 9.10. The maximum absolute atomic E-state index is 5.92. The van der Waals surface area contributed by atoms with Crippen LogP contribution < -0.4 is 4.74 Å². The van der Waals surface area contributed by atoms with Gasteiger partial charge in [-0.15, -0.1) is 12.3 Å². The van der Waals surface area contributed by atoms with Crippen LogP contribution in [0.15, 0.2) is 22.7 Å². The molecule has 0 unspecified atom stereocenters. The third kappa shape index (κ3) is 3.61. The summed E-state index contributed by atoms with van der Waals surface area (Å²) in [5.41, 5.74) is 0. The van der Waals surface area contributed by atoms with E-state index in [1.54, 1.807) is 6.07 Å². The van der Waals surface area contributed by atoms with Crippen LogP contribution in [0.2, 0.25) is 5.02 Å². The standard InChI is InChI=1S/C11H10BrClO/c1-2-3-4-7-14-11-8-9(12)5-6-10(11)13/h1,5-6,8H,3-4,7H2. The number of halogens is 2. The average molecular weight is 274 g/mol. The molecule has 0 saturated carbocycles. The van der Waals surface area contributed by atoms with Gasteiger partial charge in [0, 0.05) is 10.9 Å². The summed E-state index contributed by atoms with van der Waals surface area (Å²) in [6.45, 7) is 0.598. The predicted octanol–water partition coefficient (Wildman–Crippen LogP) is 3.89. The third-order valence-corrected chi connectivity index (χ3v) is 2.42. The van der Waals surface area contributed by atoms with Gasteiger partial charge in [-0.05, 0) is 24.6 Å². The highest BCUT2D eigenvalue weighted by Crippen LogP contribution is 2.27. The molecular weight excluding hydrogens is 263 g/mol. The van der Waals surface area contributed by atoms with Gasteiger partial charge in [-0.3, -0.25) is 0 Å². The van der Waals surface area contributed by atoms with Crippen LogP contribution in [0, 0.1) is 12.3 Å². The van der Waals surface area contributed by atoms with Crippen LogP contribution >= 0.6 is 27.5 Å². The Hall–Kier alpha value is -0.650. The molecule has 0 aromatic heterocycles. The molecule has 0 fully saturated rings. The first kappa shape index (κ1) is 11.4. The van der Waals surface area contributed by atoms with Crippen LogP contribution in [-0.2, 0) is 0 Å². The lowest BCUT2D eigenvalue weighted by Gasteiger charge is -2.07. The van der Waals surface area contributed by atoms with E-state index in [1.807, 2.05) is 12.1 Å². The predicted molar refractivity (Wildman–Crippen MR) is 62.7 cm³/mol. The number of benzene rings is 1. The number of ether oxygens (including phenoxy) is 1. The molecule has 0 radical (unpaired) electrons. The topological polar surface area (TPSA) is 9.23 Å². The van der Waals surface area contributed by atoms with E-state index in [0.29, 0.717) is 17.4 Å². The van der Waals surface area contributed by atoms with Crippen LogP contribution in [-0.4, -0.2) is 6.61 Å². The first-order chi connectivity index (χ1) is 6.74. The summed E-state index contributed by atoms with van der Waals surface area (Å²) in [6, 6.07) is 5.51. The molecule has 0 atom stereocenters. The fourth-order valence-corrected chi connectivity index (χ4v) is 1.46. The van der Waals surface area contributed by atoms with Crippen molar-refractivity contribution in [3.05, 3.63) is 27.7 Å². The number of rotatable bonds is 4.